The van der Waals surface area contributed by atoms with Crippen molar-refractivity contribution in [1.82, 2.24) is 0 Å². The van der Waals surface area contributed by atoms with Gasteiger partial charge in [0.2, 0.25) is 0 Å². The van der Waals surface area contributed by atoms with Gasteiger partial charge in [0.25, 0.3) is 0 Å². The maximum atomic E-state index is 6.08. The van der Waals surface area contributed by atoms with Crippen LogP contribution in [0.5, 0.6) is 0 Å². The molecule has 0 aromatic heterocycles. The molecule has 1 aliphatic rings. The smallest absolute Gasteiger partial charge is 0.0412 e. The molecule has 0 spiro atoms. The molecule has 0 bridgehead atoms. The maximum absolute atomic E-state index is 6.08. The van der Waals surface area contributed by atoms with E-state index in [1.54, 1.807) is 0 Å². The number of benzene rings is 1. The molecule has 1 atom stereocenters. The SMILES string of the molecule is CN1CCC[C@H](N)c2ccccc21. The zero-order chi connectivity index (χ0) is 9.26. The van der Waals surface area contributed by atoms with Crippen molar-refractivity contribution >= 4 is 5.69 Å². The van der Waals surface area contributed by atoms with Gasteiger partial charge in [-0.05, 0) is 24.5 Å². The van der Waals surface area contributed by atoms with Crippen molar-refractivity contribution in [3.05, 3.63) is 29.8 Å². The summed E-state index contributed by atoms with van der Waals surface area (Å²) in [5.41, 5.74) is 8.67. The number of rotatable bonds is 0. The van der Waals surface area contributed by atoms with E-state index < -0.39 is 0 Å². The van der Waals surface area contributed by atoms with Crippen LogP contribution >= 0.6 is 0 Å². The molecule has 0 saturated carbocycles. The average Bonchev–Trinajstić information content (AvgIpc) is 2.29. The first-order valence-electron chi connectivity index (χ1n) is 4.84. The van der Waals surface area contributed by atoms with Crippen molar-refractivity contribution in [2.75, 3.05) is 18.5 Å². The standard InChI is InChI=1S/C11H16N2/c1-13-8-4-6-10(12)9-5-2-3-7-11(9)13/h2-3,5,7,10H,4,6,8,12H2,1H3/t10-/m0/s1. The lowest BCUT2D eigenvalue weighted by Crippen LogP contribution is -2.17. The lowest BCUT2D eigenvalue weighted by atomic mass is 10.0. The van der Waals surface area contributed by atoms with E-state index in [1.807, 2.05) is 0 Å². The van der Waals surface area contributed by atoms with Crippen LogP contribution in [-0.2, 0) is 0 Å². The second-order valence-corrected chi connectivity index (χ2v) is 3.73. The van der Waals surface area contributed by atoms with Crippen LogP contribution in [-0.4, -0.2) is 13.6 Å². The highest BCUT2D eigenvalue weighted by Crippen LogP contribution is 2.29. The Bertz CT molecular complexity index is 267. The monoisotopic (exact) mass is 176 g/mol. The van der Waals surface area contributed by atoms with E-state index in [9.17, 15) is 0 Å². The predicted octanol–water partition coefficient (Wildman–Crippen LogP) is 1.92. The number of fused-ring (bicyclic) bond motifs is 1. The van der Waals surface area contributed by atoms with Gasteiger partial charge < -0.3 is 10.6 Å². The third kappa shape index (κ3) is 1.54. The third-order valence-corrected chi connectivity index (χ3v) is 2.76. The van der Waals surface area contributed by atoms with Gasteiger partial charge in [-0.3, -0.25) is 0 Å². The number of hydrogen-bond acceptors (Lipinski definition) is 2. The Kier molecular flexibility index (Phi) is 2.23. The van der Waals surface area contributed by atoms with Gasteiger partial charge >= 0.3 is 0 Å². The Morgan fingerprint density at radius 1 is 1.38 bits per heavy atom. The molecule has 0 aliphatic carbocycles. The number of nitrogens with two attached hydrogens (primary N) is 1. The zero-order valence-corrected chi connectivity index (χ0v) is 8.03. The maximum Gasteiger partial charge on any atom is 0.0412 e. The highest BCUT2D eigenvalue weighted by molar-refractivity contribution is 5.55. The summed E-state index contributed by atoms with van der Waals surface area (Å²) in [4.78, 5) is 2.29. The van der Waals surface area contributed by atoms with Crippen LogP contribution in [0.15, 0.2) is 24.3 Å². The molecule has 0 amide bonds. The van der Waals surface area contributed by atoms with Crippen LogP contribution in [0.25, 0.3) is 0 Å². The van der Waals surface area contributed by atoms with Crippen molar-refractivity contribution in [3.63, 3.8) is 0 Å². The summed E-state index contributed by atoms with van der Waals surface area (Å²) in [6.45, 7) is 1.12. The van der Waals surface area contributed by atoms with E-state index in [2.05, 4.69) is 36.2 Å². The van der Waals surface area contributed by atoms with Crippen LogP contribution in [0.1, 0.15) is 24.4 Å². The van der Waals surface area contributed by atoms with Gasteiger partial charge in [-0.2, -0.15) is 0 Å². The molecule has 0 saturated heterocycles. The van der Waals surface area contributed by atoms with Gasteiger partial charge in [-0.15, -0.1) is 0 Å². The lowest BCUT2D eigenvalue weighted by Gasteiger charge is -2.19. The zero-order valence-electron chi connectivity index (χ0n) is 8.03. The summed E-state index contributed by atoms with van der Waals surface area (Å²) in [6.07, 6.45) is 2.29. The molecular weight excluding hydrogens is 160 g/mol. The average molecular weight is 176 g/mol. The van der Waals surface area contributed by atoms with Crippen LogP contribution in [0.3, 0.4) is 0 Å². The van der Waals surface area contributed by atoms with E-state index in [1.165, 1.54) is 17.7 Å². The molecule has 2 rings (SSSR count). The van der Waals surface area contributed by atoms with Gasteiger partial charge in [0.05, 0.1) is 0 Å². The Morgan fingerprint density at radius 3 is 3.00 bits per heavy atom. The molecule has 1 heterocycles. The first kappa shape index (κ1) is 8.57. The van der Waals surface area contributed by atoms with Crippen molar-refractivity contribution in [2.24, 2.45) is 5.73 Å². The normalized spacial score (nSPS) is 22.3. The summed E-state index contributed by atoms with van der Waals surface area (Å²) in [6, 6.07) is 8.66. The van der Waals surface area contributed by atoms with Crippen molar-refractivity contribution < 1.29 is 0 Å². The Labute approximate surface area is 79.4 Å². The van der Waals surface area contributed by atoms with Gasteiger partial charge in [0.1, 0.15) is 0 Å². The van der Waals surface area contributed by atoms with Crippen LogP contribution in [0.2, 0.25) is 0 Å². The minimum atomic E-state index is 0.223. The largest absolute Gasteiger partial charge is 0.374 e. The predicted molar refractivity (Wildman–Crippen MR) is 55.9 cm³/mol. The fourth-order valence-corrected chi connectivity index (χ4v) is 1.97. The molecule has 0 radical (unpaired) electrons. The molecule has 70 valence electrons. The van der Waals surface area contributed by atoms with E-state index in [0.29, 0.717) is 0 Å². The molecular formula is C11H16N2. The van der Waals surface area contributed by atoms with E-state index in [0.717, 1.165) is 13.0 Å². The van der Waals surface area contributed by atoms with Crippen molar-refractivity contribution in [3.8, 4) is 0 Å². The topological polar surface area (TPSA) is 29.3 Å². The minimum Gasteiger partial charge on any atom is -0.374 e. The quantitative estimate of drug-likeness (QED) is 0.654. The summed E-state index contributed by atoms with van der Waals surface area (Å²) < 4.78 is 0. The molecule has 2 nitrogen and oxygen atoms in total. The highest BCUT2D eigenvalue weighted by atomic mass is 15.1. The number of nitrogens with zero attached hydrogens (tertiary/aromatic N) is 1. The third-order valence-electron chi connectivity index (χ3n) is 2.76. The van der Waals surface area contributed by atoms with Crippen molar-refractivity contribution in [1.29, 1.82) is 0 Å². The number of para-hydroxylation sites is 1. The molecule has 0 unspecified atom stereocenters. The second kappa shape index (κ2) is 3.38. The van der Waals surface area contributed by atoms with Crippen LogP contribution < -0.4 is 10.6 Å². The fourth-order valence-electron chi connectivity index (χ4n) is 1.97. The Balaban J connectivity index is 2.45. The summed E-state index contributed by atoms with van der Waals surface area (Å²) in [5.74, 6) is 0. The first-order chi connectivity index (χ1) is 6.29. The summed E-state index contributed by atoms with van der Waals surface area (Å²) >= 11 is 0. The molecule has 2 heteroatoms. The van der Waals surface area contributed by atoms with Crippen LogP contribution in [0.4, 0.5) is 5.69 Å². The molecule has 1 aromatic rings. The summed E-state index contributed by atoms with van der Waals surface area (Å²) in [5, 5.41) is 0. The van der Waals surface area contributed by atoms with E-state index >= 15 is 0 Å². The van der Waals surface area contributed by atoms with Gasteiger partial charge in [-0.25, -0.2) is 0 Å². The molecule has 1 aliphatic heterocycles. The molecule has 1 aromatic carbocycles. The number of hydrogen-bond donors (Lipinski definition) is 1. The van der Waals surface area contributed by atoms with E-state index in [4.69, 9.17) is 5.73 Å². The molecule has 2 N–H and O–H groups in total. The Hall–Kier alpha value is -1.02. The van der Waals surface area contributed by atoms with Crippen molar-refractivity contribution in [2.45, 2.75) is 18.9 Å². The highest BCUT2D eigenvalue weighted by Gasteiger charge is 2.16. The second-order valence-electron chi connectivity index (χ2n) is 3.73. The molecule has 13 heavy (non-hydrogen) atoms. The van der Waals surface area contributed by atoms with Crippen LogP contribution in [0, 0.1) is 0 Å². The lowest BCUT2D eigenvalue weighted by molar-refractivity contribution is 0.633. The Morgan fingerprint density at radius 2 is 2.15 bits per heavy atom. The fraction of sp³-hybridized carbons (Fsp3) is 0.455. The van der Waals surface area contributed by atoms with E-state index in [-0.39, 0.29) is 6.04 Å². The minimum absolute atomic E-state index is 0.223. The van der Waals surface area contributed by atoms with Gasteiger partial charge in [-0.1, -0.05) is 18.2 Å². The first-order valence-corrected chi connectivity index (χ1v) is 4.84. The molecule has 0 fully saturated rings. The van der Waals surface area contributed by atoms with Gasteiger partial charge in [0.15, 0.2) is 0 Å². The summed E-state index contributed by atoms with van der Waals surface area (Å²) in [7, 11) is 2.14. The van der Waals surface area contributed by atoms with Gasteiger partial charge in [0, 0.05) is 25.3 Å². The number of anilines is 1.